The molecule has 1 unspecified atom stereocenters. The number of aromatic nitrogens is 3. The van der Waals surface area contributed by atoms with Gasteiger partial charge in [-0.15, -0.1) is 0 Å². The molecule has 7 nitrogen and oxygen atoms in total. The van der Waals surface area contributed by atoms with Crippen LogP contribution in [0.25, 0.3) is 11.5 Å². The first-order chi connectivity index (χ1) is 8.84. The lowest BCUT2D eigenvalue weighted by Gasteiger charge is -2.19. The van der Waals surface area contributed by atoms with Crippen LogP contribution in [0.15, 0.2) is 23.0 Å². The molecule has 18 heavy (non-hydrogen) atoms. The molecule has 1 saturated heterocycles. The third-order valence-corrected chi connectivity index (χ3v) is 2.63. The van der Waals surface area contributed by atoms with Gasteiger partial charge in [-0.25, -0.2) is 0 Å². The average Bonchev–Trinajstić information content (AvgIpc) is 2.90. The van der Waals surface area contributed by atoms with Gasteiger partial charge >= 0.3 is 0 Å². The molecule has 7 heteroatoms. The van der Waals surface area contributed by atoms with Gasteiger partial charge in [0.15, 0.2) is 0 Å². The van der Waals surface area contributed by atoms with Gasteiger partial charge < -0.3 is 19.7 Å². The smallest absolute Gasteiger partial charge is 0.260 e. The molecule has 1 fully saturated rings. The molecule has 0 aliphatic carbocycles. The molecule has 1 aliphatic heterocycles. The molecule has 2 aromatic heterocycles. The van der Waals surface area contributed by atoms with Crippen LogP contribution in [0.3, 0.4) is 0 Å². The fourth-order valence-corrected chi connectivity index (χ4v) is 1.71. The predicted molar refractivity (Wildman–Crippen MR) is 61.5 cm³/mol. The minimum absolute atomic E-state index is 0.278. The van der Waals surface area contributed by atoms with E-state index in [4.69, 9.17) is 19.7 Å². The Bertz CT molecular complexity index is 537. The minimum atomic E-state index is -0.278. The summed E-state index contributed by atoms with van der Waals surface area (Å²) in [6, 6.07) is 1.73. The molecule has 2 aromatic rings. The Balaban J connectivity index is 1.87. The van der Waals surface area contributed by atoms with Crippen molar-refractivity contribution in [3.05, 3.63) is 24.3 Å². The highest BCUT2D eigenvalue weighted by molar-refractivity contribution is 5.68. The summed E-state index contributed by atoms with van der Waals surface area (Å²) in [5.74, 6) is 0.833. The number of nitrogens with zero attached hydrogens (tertiary/aromatic N) is 3. The maximum absolute atomic E-state index is 5.79. The first-order valence-electron chi connectivity index (χ1n) is 5.57. The third kappa shape index (κ3) is 2.05. The van der Waals surface area contributed by atoms with Crippen LogP contribution in [0, 0.1) is 0 Å². The first kappa shape index (κ1) is 11.1. The normalized spacial score (nSPS) is 19.9. The van der Waals surface area contributed by atoms with Crippen molar-refractivity contribution in [1.29, 1.82) is 0 Å². The minimum Gasteiger partial charge on any atom is -0.397 e. The van der Waals surface area contributed by atoms with Crippen molar-refractivity contribution in [3.63, 3.8) is 0 Å². The fraction of sp³-hybridized carbons (Fsp3) is 0.364. The highest BCUT2D eigenvalue weighted by Crippen LogP contribution is 2.25. The predicted octanol–water partition coefficient (Wildman–Crippen LogP) is 0.802. The molecule has 0 spiro atoms. The molecule has 0 aromatic carbocycles. The van der Waals surface area contributed by atoms with E-state index < -0.39 is 0 Å². The second kappa shape index (κ2) is 4.71. The Hall–Kier alpha value is -1.99. The highest BCUT2D eigenvalue weighted by Gasteiger charge is 2.23. The topological polar surface area (TPSA) is 96.3 Å². The van der Waals surface area contributed by atoms with Crippen molar-refractivity contribution < 1.29 is 14.0 Å². The average molecular weight is 248 g/mol. The summed E-state index contributed by atoms with van der Waals surface area (Å²) in [6.45, 7) is 1.56. The second-order valence-electron chi connectivity index (χ2n) is 3.86. The van der Waals surface area contributed by atoms with Crippen molar-refractivity contribution in [2.45, 2.75) is 6.10 Å². The molecular weight excluding hydrogens is 236 g/mol. The number of hydrogen-bond donors (Lipinski definition) is 1. The Morgan fingerprint density at radius 2 is 2.28 bits per heavy atom. The van der Waals surface area contributed by atoms with E-state index in [0.717, 1.165) is 0 Å². The molecule has 1 aliphatic rings. The van der Waals surface area contributed by atoms with Crippen molar-refractivity contribution in [3.8, 4) is 11.5 Å². The summed E-state index contributed by atoms with van der Waals surface area (Å²) in [5, 5.41) is 3.89. The van der Waals surface area contributed by atoms with Gasteiger partial charge in [0.25, 0.3) is 5.89 Å². The summed E-state index contributed by atoms with van der Waals surface area (Å²) in [5.41, 5.74) is 6.96. The van der Waals surface area contributed by atoms with E-state index in [1.807, 2.05) is 0 Å². The molecule has 2 N–H and O–H groups in total. The van der Waals surface area contributed by atoms with E-state index in [-0.39, 0.29) is 6.10 Å². The summed E-state index contributed by atoms with van der Waals surface area (Å²) in [6.07, 6.45) is 2.88. The number of pyridine rings is 1. The lowest BCUT2D eigenvalue weighted by Crippen LogP contribution is -2.22. The van der Waals surface area contributed by atoms with Gasteiger partial charge in [0, 0.05) is 6.20 Å². The Morgan fingerprint density at radius 3 is 3.06 bits per heavy atom. The van der Waals surface area contributed by atoms with Crippen LogP contribution in [0.5, 0.6) is 0 Å². The van der Waals surface area contributed by atoms with E-state index in [0.29, 0.717) is 42.8 Å². The zero-order valence-electron chi connectivity index (χ0n) is 9.57. The van der Waals surface area contributed by atoms with Crippen molar-refractivity contribution in [1.82, 2.24) is 15.1 Å². The lowest BCUT2D eigenvalue weighted by atomic mass is 10.2. The lowest BCUT2D eigenvalue weighted by molar-refractivity contribution is -0.0941. The van der Waals surface area contributed by atoms with E-state index >= 15 is 0 Å². The molecule has 1 atom stereocenters. The summed E-state index contributed by atoms with van der Waals surface area (Å²) in [4.78, 5) is 8.18. The Kier molecular flexibility index (Phi) is 2.91. The quantitative estimate of drug-likeness (QED) is 0.839. The SMILES string of the molecule is Nc1cnccc1-c1nc(C2COCCO2)no1. The first-order valence-corrected chi connectivity index (χ1v) is 5.57. The van der Waals surface area contributed by atoms with Gasteiger partial charge in [0.1, 0.15) is 6.10 Å². The van der Waals surface area contributed by atoms with Gasteiger partial charge in [0.2, 0.25) is 5.82 Å². The monoisotopic (exact) mass is 248 g/mol. The van der Waals surface area contributed by atoms with Crippen LogP contribution < -0.4 is 5.73 Å². The van der Waals surface area contributed by atoms with Crippen LogP contribution in [0.2, 0.25) is 0 Å². The Labute approximate surface area is 103 Å². The number of hydrogen-bond acceptors (Lipinski definition) is 7. The largest absolute Gasteiger partial charge is 0.397 e. The number of nitrogen functional groups attached to an aromatic ring is 1. The van der Waals surface area contributed by atoms with Gasteiger partial charge in [-0.1, -0.05) is 5.16 Å². The van der Waals surface area contributed by atoms with Crippen LogP contribution in [0.4, 0.5) is 5.69 Å². The molecule has 3 rings (SSSR count). The van der Waals surface area contributed by atoms with Gasteiger partial charge in [-0.05, 0) is 6.07 Å². The molecule has 94 valence electrons. The zero-order chi connectivity index (χ0) is 12.4. The molecule has 3 heterocycles. The third-order valence-electron chi connectivity index (χ3n) is 2.63. The van der Waals surface area contributed by atoms with Gasteiger partial charge in [-0.2, -0.15) is 4.98 Å². The number of nitrogens with two attached hydrogens (primary N) is 1. The van der Waals surface area contributed by atoms with Crippen LogP contribution in [-0.2, 0) is 9.47 Å². The zero-order valence-corrected chi connectivity index (χ0v) is 9.57. The van der Waals surface area contributed by atoms with Gasteiger partial charge in [0.05, 0.1) is 37.3 Å². The van der Waals surface area contributed by atoms with Crippen molar-refractivity contribution >= 4 is 5.69 Å². The highest BCUT2D eigenvalue weighted by atomic mass is 16.6. The molecule has 0 bridgehead atoms. The van der Waals surface area contributed by atoms with E-state index in [2.05, 4.69) is 15.1 Å². The number of ether oxygens (including phenoxy) is 2. The second-order valence-corrected chi connectivity index (χ2v) is 3.86. The summed E-state index contributed by atoms with van der Waals surface area (Å²) in [7, 11) is 0. The van der Waals surface area contributed by atoms with E-state index in [9.17, 15) is 0 Å². The fourth-order valence-electron chi connectivity index (χ4n) is 1.71. The molecule has 0 saturated carbocycles. The van der Waals surface area contributed by atoms with Gasteiger partial charge in [-0.3, -0.25) is 4.98 Å². The maximum atomic E-state index is 5.79. The molecular formula is C11H12N4O3. The van der Waals surface area contributed by atoms with Crippen LogP contribution in [0.1, 0.15) is 11.9 Å². The van der Waals surface area contributed by atoms with Crippen molar-refractivity contribution in [2.75, 3.05) is 25.6 Å². The maximum Gasteiger partial charge on any atom is 0.260 e. The Morgan fingerprint density at radius 1 is 1.33 bits per heavy atom. The standard InChI is InChI=1S/C11H12N4O3/c12-8-5-13-2-1-7(8)11-14-10(15-18-11)9-6-16-3-4-17-9/h1-2,5,9H,3-4,6,12H2. The molecule has 0 amide bonds. The number of rotatable bonds is 2. The molecule has 0 radical (unpaired) electrons. The van der Waals surface area contributed by atoms with E-state index in [1.165, 1.54) is 0 Å². The summed E-state index contributed by atoms with van der Waals surface area (Å²) >= 11 is 0. The van der Waals surface area contributed by atoms with Crippen LogP contribution >= 0.6 is 0 Å². The van der Waals surface area contributed by atoms with Crippen LogP contribution in [-0.4, -0.2) is 34.9 Å². The summed E-state index contributed by atoms with van der Waals surface area (Å²) < 4.78 is 16.0. The van der Waals surface area contributed by atoms with Crippen molar-refractivity contribution in [2.24, 2.45) is 0 Å². The number of anilines is 1. The van der Waals surface area contributed by atoms with E-state index in [1.54, 1.807) is 18.5 Å².